The van der Waals surface area contributed by atoms with E-state index < -0.39 is 0 Å². The molecule has 3 rings (SSSR count). The number of nitrogens with zero attached hydrogens (tertiary/aromatic N) is 2. The van der Waals surface area contributed by atoms with Crippen molar-refractivity contribution in [2.75, 3.05) is 0 Å². The van der Waals surface area contributed by atoms with E-state index in [4.69, 9.17) is 5.73 Å². The SMILES string of the molecule is CCCn1ncc(Br)c1C(N)C1CCCc2ccccc21. The molecular weight excluding hydrogens is 326 g/mol. The number of aromatic nitrogens is 2. The quantitative estimate of drug-likeness (QED) is 0.901. The molecule has 3 nitrogen and oxygen atoms in total. The van der Waals surface area contributed by atoms with Crippen LogP contribution in [0.5, 0.6) is 0 Å². The molecule has 2 atom stereocenters. The summed E-state index contributed by atoms with van der Waals surface area (Å²) in [6.45, 7) is 3.09. The summed E-state index contributed by atoms with van der Waals surface area (Å²) in [6.07, 6.45) is 6.49. The van der Waals surface area contributed by atoms with Crippen molar-refractivity contribution in [2.45, 2.75) is 51.1 Å². The summed E-state index contributed by atoms with van der Waals surface area (Å²) in [5.74, 6) is 0.388. The molecule has 1 aromatic carbocycles. The number of hydrogen-bond acceptors (Lipinski definition) is 2. The Bertz CT molecular complexity index is 620. The van der Waals surface area contributed by atoms with Crippen molar-refractivity contribution >= 4 is 15.9 Å². The van der Waals surface area contributed by atoms with E-state index in [0.29, 0.717) is 5.92 Å². The fourth-order valence-corrected chi connectivity index (χ4v) is 4.01. The topological polar surface area (TPSA) is 43.8 Å². The summed E-state index contributed by atoms with van der Waals surface area (Å²) < 4.78 is 3.10. The normalized spacial score (nSPS) is 19.3. The molecule has 1 aliphatic carbocycles. The number of halogens is 1. The number of hydrogen-bond donors (Lipinski definition) is 1. The molecule has 1 aromatic heterocycles. The third-order valence-corrected chi connectivity index (χ3v) is 5.04. The van der Waals surface area contributed by atoms with Crippen molar-refractivity contribution in [3.63, 3.8) is 0 Å². The third-order valence-electron chi connectivity index (χ3n) is 4.43. The molecule has 0 saturated heterocycles. The van der Waals surface area contributed by atoms with E-state index in [1.807, 2.05) is 6.20 Å². The summed E-state index contributed by atoms with van der Waals surface area (Å²) in [6, 6.07) is 8.74. The Balaban J connectivity index is 1.96. The number of rotatable bonds is 4. The van der Waals surface area contributed by atoms with Crippen LogP contribution in [0.4, 0.5) is 0 Å². The molecule has 0 fully saturated rings. The molecule has 0 radical (unpaired) electrons. The highest BCUT2D eigenvalue weighted by Crippen LogP contribution is 2.40. The molecular formula is C17H22BrN3. The summed E-state index contributed by atoms with van der Waals surface area (Å²) in [5.41, 5.74) is 10.7. The maximum Gasteiger partial charge on any atom is 0.0699 e. The minimum atomic E-state index is -0.00475. The van der Waals surface area contributed by atoms with Crippen LogP contribution in [0.2, 0.25) is 0 Å². The standard InChI is InChI=1S/C17H22BrN3/c1-2-10-21-17(15(18)11-20-21)16(19)14-9-5-7-12-6-3-4-8-13(12)14/h3-4,6,8,11,14,16H,2,5,7,9-10,19H2,1H3. The van der Waals surface area contributed by atoms with E-state index in [9.17, 15) is 0 Å². The average molecular weight is 348 g/mol. The van der Waals surface area contributed by atoms with Crippen LogP contribution in [0.15, 0.2) is 34.9 Å². The first-order valence-electron chi connectivity index (χ1n) is 7.77. The van der Waals surface area contributed by atoms with E-state index >= 15 is 0 Å². The van der Waals surface area contributed by atoms with Crippen LogP contribution in [0, 0.1) is 0 Å². The molecule has 21 heavy (non-hydrogen) atoms. The van der Waals surface area contributed by atoms with Gasteiger partial charge in [-0.1, -0.05) is 31.2 Å². The molecule has 2 N–H and O–H groups in total. The van der Waals surface area contributed by atoms with Crippen LogP contribution in [0.3, 0.4) is 0 Å². The van der Waals surface area contributed by atoms with Gasteiger partial charge in [0, 0.05) is 12.5 Å². The number of benzene rings is 1. The molecule has 0 amide bonds. The lowest BCUT2D eigenvalue weighted by Gasteiger charge is -2.30. The average Bonchev–Trinajstić information content (AvgIpc) is 2.87. The van der Waals surface area contributed by atoms with Gasteiger partial charge in [-0.3, -0.25) is 4.68 Å². The number of fused-ring (bicyclic) bond motifs is 1. The Hall–Kier alpha value is -1.13. The summed E-state index contributed by atoms with van der Waals surface area (Å²) in [4.78, 5) is 0. The van der Waals surface area contributed by atoms with Gasteiger partial charge in [-0.2, -0.15) is 5.10 Å². The van der Waals surface area contributed by atoms with Gasteiger partial charge in [-0.15, -0.1) is 0 Å². The van der Waals surface area contributed by atoms with Gasteiger partial charge in [0.1, 0.15) is 0 Å². The predicted octanol–water partition coefficient (Wildman–Crippen LogP) is 4.18. The Labute approximate surface area is 134 Å². The van der Waals surface area contributed by atoms with E-state index in [-0.39, 0.29) is 6.04 Å². The van der Waals surface area contributed by atoms with E-state index in [1.165, 1.54) is 24.0 Å². The number of aryl methyl sites for hydroxylation is 2. The highest BCUT2D eigenvalue weighted by atomic mass is 79.9. The zero-order valence-electron chi connectivity index (χ0n) is 12.4. The molecule has 2 aromatic rings. The summed E-state index contributed by atoms with van der Waals surface area (Å²) in [5, 5.41) is 4.47. The highest BCUT2D eigenvalue weighted by molar-refractivity contribution is 9.10. The van der Waals surface area contributed by atoms with Crippen LogP contribution in [0.25, 0.3) is 0 Å². The van der Waals surface area contributed by atoms with E-state index in [2.05, 4.69) is 56.9 Å². The molecule has 1 heterocycles. The second-order valence-electron chi connectivity index (χ2n) is 5.82. The lowest BCUT2D eigenvalue weighted by Crippen LogP contribution is -2.26. The molecule has 112 valence electrons. The van der Waals surface area contributed by atoms with Crippen LogP contribution in [-0.4, -0.2) is 9.78 Å². The maximum absolute atomic E-state index is 6.67. The van der Waals surface area contributed by atoms with Crippen molar-refractivity contribution in [1.29, 1.82) is 0 Å². The second kappa shape index (κ2) is 6.32. The van der Waals surface area contributed by atoms with Crippen molar-refractivity contribution < 1.29 is 0 Å². The van der Waals surface area contributed by atoms with Crippen molar-refractivity contribution in [3.05, 3.63) is 51.8 Å². The first kappa shape index (κ1) is 14.8. The largest absolute Gasteiger partial charge is 0.322 e. The maximum atomic E-state index is 6.67. The molecule has 0 bridgehead atoms. The Morgan fingerprint density at radius 1 is 1.43 bits per heavy atom. The fraction of sp³-hybridized carbons (Fsp3) is 0.471. The summed E-state index contributed by atoms with van der Waals surface area (Å²) >= 11 is 3.63. The van der Waals surface area contributed by atoms with Crippen molar-refractivity contribution in [2.24, 2.45) is 5.73 Å². The Kier molecular flexibility index (Phi) is 4.45. The van der Waals surface area contributed by atoms with Crippen molar-refractivity contribution in [1.82, 2.24) is 9.78 Å². The lowest BCUT2D eigenvalue weighted by atomic mass is 9.78. The van der Waals surface area contributed by atoms with Crippen LogP contribution in [0.1, 0.15) is 55.0 Å². The molecule has 2 unspecified atom stereocenters. The Morgan fingerprint density at radius 2 is 2.24 bits per heavy atom. The Morgan fingerprint density at radius 3 is 3.05 bits per heavy atom. The molecule has 4 heteroatoms. The summed E-state index contributed by atoms with van der Waals surface area (Å²) in [7, 11) is 0. The molecule has 1 aliphatic rings. The highest BCUT2D eigenvalue weighted by Gasteiger charge is 2.29. The zero-order valence-corrected chi connectivity index (χ0v) is 14.0. The van der Waals surface area contributed by atoms with Crippen LogP contribution in [-0.2, 0) is 13.0 Å². The van der Waals surface area contributed by atoms with Gasteiger partial charge in [0.15, 0.2) is 0 Å². The van der Waals surface area contributed by atoms with Gasteiger partial charge in [0.05, 0.1) is 22.4 Å². The predicted molar refractivity (Wildman–Crippen MR) is 89.3 cm³/mol. The lowest BCUT2D eigenvalue weighted by molar-refractivity contribution is 0.439. The van der Waals surface area contributed by atoms with Gasteiger partial charge in [-0.25, -0.2) is 0 Å². The minimum absolute atomic E-state index is 0.00475. The fourth-order valence-electron chi connectivity index (χ4n) is 3.45. The van der Waals surface area contributed by atoms with Gasteiger partial charge in [0.25, 0.3) is 0 Å². The molecule has 0 spiro atoms. The smallest absolute Gasteiger partial charge is 0.0699 e. The van der Waals surface area contributed by atoms with Crippen LogP contribution < -0.4 is 5.73 Å². The third kappa shape index (κ3) is 2.79. The first-order valence-corrected chi connectivity index (χ1v) is 8.56. The second-order valence-corrected chi connectivity index (χ2v) is 6.68. The van der Waals surface area contributed by atoms with Gasteiger partial charge < -0.3 is 5.73 Å². The van der Waals surface area contributed by atoms with Gasteiger partial charge >= 0.3 is 0 Å². The molecule has 0 saturated carbocycles. The van der Waals surface area contributed by atoms with Gasteiger partial charge in [0.2, 0.25) is 0 Å². The monoisotopic (exact) mass is 347 g/mol. The van der Waals surface area contributed by atoms with Gasteiger partial charge in [-0.05, 0) is 52.7 Å². The minimum Gasteiger partial charge on any atom is -0.322 e. The zero-order chi connectivity index (χ0) is 14.8. The number of nitrogens with two attached hydrogens (primary N) is 1. The molecule has 0 aliphatic heterocycles. The van der Waals surface area contributed by atoms with Crippen molar-refractivity contribution in [3.8, 4) is 0 Å². The van der Waals surface area contributed by atoms with E-state index in [1.54, 1.807) is 0 Å². The first-order chi connectivity index (χ1) is 10.2. The van der Waals surface area contributed by atoms with E-state index in [0.717, 1.165) is 29.6 Å². The van der Waals surface area contributed by atoms with Crippen LogP contribution >= 0.6 is 15.9 Å².